The molecule has 1 aliphatic carbocycles. The molecule has 0 aliphatic heterocycles. The summed E-state index contributed by atoms with van der Waals surface area (Å²) in [6.07, 6.45) is 1.53. The van der Waals surface area contributed by atoms with Crippen molar-refractivity contribution in [3.8, 4) is 11.8 Å². The molecule has 0 saturated heterocycles. The molecule has 0 spiro atoms. The maximum Gasteiger partial charge on any atom is 0.308 e. The largest absolute Gasteiger partial charge is 0.495 e. The Kier molecular flexibility index (Phi) is 3.38. The van der Waals surface area contributed by atoms with Crippen LogP contribution in [0.2, 0.25) is 0 Å². The smallest absolute Gasteiger partial charge is 0.308 e. The molecule has 1 aliphatic rings. The molecule has 2 unspecified atom stereocenters. The molecule has 0 aromatic heterocycles. The number of carbonyl (C=O) groups is 1. The highest BCUT2D eigenvalue weighted by atomic mass is 16.5. The van der Waals surface area contributed by atoms with Crippen LogP contribution in [0.25, 0.3) is 0 Å². The van der Waals surface area contributed by atoms with Crippen LogP contribution in [-0.2, 0) is 4.79 Å². The van der Waals surface area contributed by atoms with E-state index in [1.165, 1.54) is 7.11 Å². The van der Waals surface area contributed by atoms with Crippen molar-refractivity contribution in [1.29, 1.82) is 5.26 Å². The zero-order valence-corrected chi connectivity index (χ0v) is 10.0. The van der Waals surface area contributed by atoms with Gasteiger partial charge in [-0.2, -0.15) is 5.26 Å². The first-order valence-corrected chi connectivity index (χ1v) is 5.73. The number of hydrogen-bond donors (Lipinski definition) is 2. The van der Waals surface area contributed by atoms with Crippen LogP contribution in [0.5, 0.6) is 5.75 Å². The minimum atomic E-state index is -0.772. The predicted molar refractivity (Wildman–Crippen MR) is 65.5 cm³/mol. The second-order valence-corrected chi connectivity index (χ2v) is 4.30. The summed E-state index contributed by atoms with van der Waals surface area (Å²) in [5.41, 5.74) is 1.24. The Hall–Kier alpha value is -2.22. The first-order chi connectivity index (χ1) is 8.65. The summed E-state index contributed by atoms with van der Waals surface area (Å²) in [5, 5.41) is 20.9. The van der Waals surface area contributed by atoms with Gasteiger partial charge in [0, 0.05) is 12.1 Å². The summed E-state index contributed by atoms with van der Waals surface area (Å²) in [6, 6.07) is 7.03. The Labute approximate surface area is 105 Å². The van der Waals surface area contributed by atoms with Gasteiger partial charge in [0.05, 0.1) is 30.3 Å². The van der Waals surface area contributed by atoms with Gasteiger partial charge in [-0.05, 0) is 25.0 Å². The number of ether oxygens (including phenoxy) is 1. The number of nitriles is 1. The number of hydrogen-bond acceptors (Lipinski definition) is 4. The highest BCUT2D eigenvalue weighted by molar-refractivity contribution is 5.73. The summed E-state index contributed by atoms with van der Waals surface area (Å²) in [5.74, 6) is -0.554. The molecule has 5 heteroatoms. The Bertz CT molecular complexity index is 507. The van der Waals surface area contributed by atoms with Crippen LogP contribution < -0.4 is 10.1 Å². The molecule has 1 aromatic carbocycles. The van der Waals surface area contributed by atoms with Crippen LogP contribution in [0.1, 0.15) is 18.4 Å². The van der Waals surface area contributed by atoms with Crippen LogP contribution in [0.15, 0.2) is 18.2 Å². The molecule has 2 rings (SSSR count). The maximum atomic E-state index is 10.9. The van der Waals surface area contributed by atoms with Gasteiger partial charge in [0.25, 0.3) is 0 Å². The number of aliphatic carboxylic acids is 1. The third-order valence-electron chi connectivity index (χ3n) is 3.26. The lowest BCUT2D eigenvalue weighted by atomic mass is 9.79. The standard InChI is InChI=1S/C13H14N2O3/c1-18-12-6-8(7-14)2-4-11(12)15-10-5-3-9(10)13(16)17/h2,4,6,9-10,15H,3,5H2,1H3,(H,16,17). The fourth-order valence-electron chi connectivity index (χ4n) is 2.05. The van der Waals surface area contributed by atoms with Gasteiger partial charge in [0.15, 0.2) is 0 Å². The van der Waals surface area contributed by atoms with Crippen LogP contribution in [0, 0.1) is 17.2 Å². The highest BCUT2D eigenvalue weighted by Gasteiger charge is 2.36. The molecule has 0 radical (unpaired) electrons. The van der Waals surface area contributed by atoms with Crippen molar-refractivity contribution in [1.82, 2.24) is 0 Å². The van der Waals surface area contributed by atoms with E-state index in [0.717, 1.165) is 12.1 Å². The summed E-state index contributed by atoms with van der Waals surface area (Å²) in [4.78, 5) is 10.9. The molecule has 0 amide bonds. The van der Waals surface area contributed by atoms with E-state index in [1.807, 2.05) is 6.07 Å². The second-order valence-electron chi connectivity index (χ2n) is 4.30. The van der Waals surface area contributed by atoms with Gasteiger partial charge in [-0.25, -0.2) is 0 Å². The topological polar surface area (TPSA) is 82.3 Å². The number of rotatable bonds is 4. The summed E-state index contributed by atoms with van der Waals surface area (Å²) < 4.78 is 5.19. The number of benzene rings is 1. The number of anilines is 1. The molecular formula is C13H14N2O3. The van der Waals surface area contributed by atoms with Crippen molar-refractivity contribution >= 4 is 11.7 Å². The van der Waals surface area contributed by atoms with Crippen molar-refractivity contribution in [2.45, 2.75) is 18.9 Å². The Morgan fingerprint density at radius 1 is 1.56 bits per heavy atom. The zero-order chi connectivity index (χ0) is 13.1. The quantitative estimate of drug-likeness (QED) is 0.847. The molecule has 18 heavy (non-hydrogen) atoms. The molecular weight excluding hydrogens is 232 g/mol. The summed E-state index contributed by atoms with van der Waals surface area (Å²) >= 11 is 0. The van der Waals surface area contributed by atoms with E-state index in [1.54, 1.807) is 18.2 Å². The highest BCUT2D eigenvalue weighted by Crippen LogP contribution is 2.34. The normalized spacial score (nSPS) is 21.6. The average molecular weight is 246 g/mol. The van der Waals surface area contributed by atoms with Gasteiger partial charge >= 0.3 is 5.97 Å². The van der Waals surface area contributed by atoms with E-state index in [9.17, 15) is 4.79 Å². The van der Waals surface area contributed by atoms with Gasteiger partial charge in [0.2, 0.25) is 0 Å². The van der Waals surface area contributed by atoms with Gasteiger partial charge in [-0.3, -0.25) is 4.79 Å². The number of carboxylic acid groups (broad SMARTS) is 1. The minimum absolute atomic E-state index is 0.0654. The van der Waals surface area contributed by atoms with Crippen molar-refractivity contribution in [3.63, 3.8) is 0 Å². The van der Waals surface area contributed by atoms with Crippen LogP contribution >= 0.6 is 0 Å². The number of carboxylic acids is 1. The molecule has 1 saturated carbocycles. The fraction of sp³-hybridized carbons (Fsp3) is 0.385. The summed E-state index contributed by atoms with van der Waals surface area (Å²) in [6.45, 7) is 0. The first-order valence-electron chi connectivity index (χ1n) is 5.73. The SMILES string of the molecule is COc1cc(C#N)ccc1NC1CCC1C(=O)O. The van der Waals surface area contributed by atoms with Gasteiger partial charge in [0.1, 0.15) is 5.75 Å². The van der Waals surface area contributed by atoms with Crippen LogP contribution in [-0.4, -0.2) is 24.2 Å². The number of nitrogens with one attached hydrogen (secondary N) is 1. The lowest BCUT2D eigenvalue weighted by molar-refractivity contribution is -0.144. The molecule has 0 heterocycles. The monoisotopic (exact) mass is 246 g/mol. The average Bonchev–Trinajstić information content (AvgIpc) is 2.33. The van der Waals surface area contributed by atoms with Crippen molar-refractivity contribution in [2.24, 2.45) is 5.92 Å². The van der Waals surface area contributed by atoms with Crippen molar-refractivity contribution < 1.29 is 14.6 Å². The summed E-state index contributed by atoms with van der Waals surface area (Å²) in [7, 11) is 1.52. The van der Waals surface area contributed by atoms with Gasteiger partial charge in [-0.1, -0.05) is 0 Å². The molecule has 2 atom stereocenters. The number of methoxy groups -OCH3 is 1. The Balaban J connectivity index is 2.14. The Morgan fingerprint density at radius 3 is 2.83 bits per heavy atom. The van der Waals surface area contributed by atoms with Crippen molar-refractivity contribution in [2.75, 3.05) is 12.4 Å². The third kappa shape index (κ3) is 2.23. The van der Waals surface area contributed by atoms with Gasteiger partial charge < -0.3 is 15.2 Å². The predicted octanol–water partition coefficient (Wildman–Crippen LogP) is 1.84. The first kappa shape index (κ1) is 12.2. The van der Waals surface area contributed by atoms with Gasteiger partial charge in [-0.15, -0.1) is 0 Å². The molecule has 2 N–H and O–H groups in total. The molecule has 0 bridgehead atoms. The van der Waals surface area contributed by atoms with E-state index in [4.69, 9.17) is 15.1 Å². The van der Waals surface area contributed by atoms with E-state index in [2.05, 4.69) is 5.32 Å². The molecule has 5 nitrogen and oxygen atoms in total. The Morgan fingerprint density at radius 2 is 2.33 bits per heavy atom. The third-order valence-corrected chi connectivity index (χ3v) is 3.26. The fourth-order valence-corrected chi connectivity index (χ4v) is 2.05. The molecule has 94 valence electrons. The van der Waals surface area contributed by atoms with E-state index < -0.39 is 5.97 Å². The van der Waals surface area contributed by atoms with Crippen molar-refractivity contribution in [3.05, 3.63) is 23.8 Å². The minimum Gasteiger partial charge on any atom is -0.495 e. The number of nitrogens with zero attached hydrogens (tertiary/aromatic N) is 1. The lowest BCUT2D eigenvalue weighted by Crippen LogP contribution is -2.43. The van der Waals surface area contributed by atoms with E-state index in [0.29, 0.717) is 17.7 Å². The van der Waals surface area contributed by atoms with Crippen LogP contribution in [0.4, 0.5) is 5.69 Å². The van der Waals surface area contributed by atoms with E-state index >= 15 is 0 Å². The maximum absolute atomic E-state index is 10.9. The zero-order valence-electron chi connectivity index (χ0n) is 10.0. The lowest BCUT2D eigenvalue weighted by Gasteiger charge is -2.35. The van der Waals surface area contributed by atoms with E-state index in [-0.39, 0.29) is 12.0 Å². The second kappa shape index (κ2) is 4.96. The molecule has 1 aromatic rings. The molecule has 1 fully saturated rings. The van der Waals surface area contributed by atoms with Crippen LogP contribution in [0.3, 0.4) is 0 Å².